The number of rotatable bonds is 6. The summed E-state index contributed by atoms with van der Waals surface area (Å²) >= 11 is 0. The molecule has 0 aromatic rings. The summed E-state index contributed by atoms with van der Waals surface area (Å²) in [7, 11) is 0. The van der Waals surface area contributed by atoms with Crippen molar-refractivity contribution < 1.29 is 14.7 Å². The minimum absolute atomic E-state index is 0.0986. The number of hydrogen-bond donors (Lipinski definition) is 2. The van der Waals surface area contributed by atoms with Gasteiger partial charge in [0.1, 0.15) is 0 Å². The molecule has 2 rings (SSSR count). The average molecular weight is 296 g/mol. The van der Waals surface area contributed by atoms with Gasteiger partial charge in [0.2, 0.25) is 5.91 Å². The van der Waals surface area contributed by atoms with E-state index in [0.717, 1.165) is 45.3 Å². The molecule has 1 aliphatic carbocycles. The van der Waals surface area contributed by atoms with E-state index in [1.807, 2.05) is 0 Å². The fraction of sp³-hybridized carbons (Fsp3) is 0.875. The highest BCUT2D eigenvalue weighted by Gasteiger charge is 2.40. The molecule has 1 saturated heterocycles. The van der Waals surface area contributed by atoms with Crippen LogP contribution in [0.1, 0.15) is 57.8 Å². The van der Waals surface area contributed by atoms with Crippen LogP contribution in [-0.2, 0) is 9.59 Å². The molecule has 1 amide bonds. The Bertz CT molecular complexity index is 357. The second kappa shape index (κ2) is 7.78. The summed E-state index contributed by atoms with van der Waals surface area (Å²) < 4.78 is 0. The zero-order chi connectivity index (χ0) is 15.1. The number of carboxylic acids is 1. The lowest BCUT2D eigenvalue weighted by molar-refractivity contribution is -0.152. The second-order valence-corrected chi connectivity index (χ2v) is 6.58. The van der Waals surface area contributed by atoms with E-state index in [9.17, 15) is 14.7 Å². The lowest BCUT2D eigenvalue weighted by Crippen LogP contribution is -2.39. The van der Waals surface area contributed by atoms with Crippen LogP contribution in [0.5, 0.6) is 0 Å². The van der Waals surface area contributed by atoms with Gasteiger partial charge in [0, 0.05) is 19.5 Å². The number of amides is 1. The van der Waals surface area contributed by atoms with Crippen LogP contribution in [-0.4, -0.2) is 48.1 Å². The van der Waals surface area contributed by atoms with Crippen LogP contribution in [0.25, 0.3) is 0 Å². The van der Waals surface area contributed by atoms with Crippen molar-refractivity contribution in [3.63, 3.8) is 0 Å². The number of carboxylic acid groups (broad SMARTS) is 1. The largest absolute Gasteiger partial charge is 0.481 e. The van der Waals surface area contributed by atoms with Crippen LogP contribution in [0.4, 0.5) is 0 Å². The van der Waals surface area contributed by atoms with Crippen LogP contribution in [0.2, 0.25) is 0 Å². The summed E-state index contributed by atoms with van der Waals surface area (Å²) in [4.78, 5) is 26.1. The molecule has 0 radical (unpaired) electrons. The first-order valence-corrected chi connectivity index (χ1v) is 8.35. The van der Waals surface area contributed by atoms with Crippen molar-refractivity contribution in [3.05, 3.63) is 0 Å². The van der Waals surface area contributed by atoms with Crippen LogP contribution in [0.3, 0.4) is 0 Å². The first-order chi connectivity index (χ1) is 10.1. The molecule has 0 bridgehead atoms. The summed E-state index contributed by atoms with van der Waals surface area (Å²) in [5.74, 6) is -0.891. The SMILES string of the molecule is O=C(CC1(C(=O)O)CCCCCC1)NCCN1CCCC1. The maximum atomic E-state index is 12.1. The molecule has 0 aromatic heterocycles. The Hall–Kier alpha value is -1.10. The van der Waals surface area contributed by atoms with Crippen molar-refractivity contribution in [3.8, 4) is 0 Å². The molecule has 1 aliphatic heterocycles. The highest BCUT2D eigenvalue weighted by atomic mass is 16.4. The highest BCUT2D eigenvalue weighted by Crippen LogP contribution is 2.38. The lowest BCUT2D eigenvalue weighted by Gasteiger charge is -2.27. The third kappa shape index (κ3) is 4.70. The fourth-order valence-electron chi connectivity index (χ4n) is 3.60. The van der Waals surface area contributed by atoms with Crippen molar-refractivity contribution >= 4 is 11.9 Å². The van der Waals surface area contributed by atoms with Crippen LogP contribution < -0.4 is 5.32 Å². The minimum atomic E-state index is -0.825. The van der Waals surface area contributed by atoms with Gasteiger partial charge in [-0.3, -0.25) is 9.59 Å². The third-order valence-corrected chi connectivity index (χ3v) is 4.96. The van der Waals surface area contributed by atoms with Gasteiger partial charge in [-0.25, -0.2) is 0 Å². The van der Waals surface area contributed by atoms with Gasteiger partial charge >= 0.3 is 5.97 Å². The summed E-state index contributed by atoms with van der Waals surface area (Å²) in [6.45, 7) is 3.75. The van der Waals surface area contributed by atoms with Crippen LogP contribution in [0, 0.1) is 5.41 Å². The van der Waals surface area contributed by atoms with Gasteiger partial charge in [-0.2, -0.15) is 0 Å². The van der Waals surface area contributed by atoms with Gasteiger partial charge in [-0.15, -0.1) is 0 Å². The van der Waals surface area contributed by atoms with Crippen molar-refractivity contribution in [2.45, 2.75) is 57.8 Å². The zero-order valence-electron chi connectivity index (χ0n) is 12.9. The van der Waals surface area contributed by atoms with E-state index in [1.54, 1.807) is 0 Å². The summed E-state index contributed by atoms with van der Waals surface area (Å²) in [5.41, 5.74) is -0.825. The van der Waals surface area contributed by atoms with Crippen molar-refractivity contribution in [2.24, 2.45) is 5.41 Å². The van der Waals surface area contributed by atoms with Gasteiger partial charge < -0.3 is 15.3 Å². The Morgan fingerprint density at radius 2 is 1.62 bits per heavy atom. The van der Waals surface area contributed by atoms with E-state index in [4.69, 9.17) is 0 Å². The van der Waals surface area contributed by atoms with Gasteiger partial charge in [-0.05, 0) is 38.8 Å². The van der Waals surface area contributed by atoms with E-state index < -0.39 is 11.4 Å². The minimum Gasteiger partial charge on any atom is -0.481 e. The summed E-state index contributed by atoms with van der Waals surface area (Å²) in [5, 5.41) is 12.5. The molecule has 0 unspecified atom stereocenters. The third-order valence-electron chi connectivity index (χ3n) is 4.96. The lowest BCUT2D eigenvalue weighted by atomic mass is 9.77. The topological polar surface area (TPSA) is 69.6 Å². The van der Waals surface area contributed by atoms with Crippen LogP contribution in [0.15, 0.2) is 0 Å². The molecule has 0 spiro atoms. The van der Waals surface area contributed by atoms with E-state index in [1.165, 1.54) is 12.8 Å². The van der Waals surface area contributed by atoms with Crippen molar-refractivity contribution in [1.82, 2.24) is 10.2 Å². The number of aliphatic carboxylic acids is 1. The average Bonchev–Trinajstić information content (AvgIpc) is 2.84. The monoisotopic (exact) mass is 296 g/mol. The van der Waals surface area contributed by atoms with Gasteiger partial charge in [0.05, 0.1) is 5.41 Å². The Morgan fingerprint density at radius 1 is 1.00 bits per heavy atom. The normalized spacial score (nSPS) is 22.7. The molecule has 2 N–H and O–H groups in total. The highest BCUT2D eigenvalue weighted by molar-refractivity contribution is 5.85. The Labute approximate surface area is 127 Å². The summed E-state index contributed by atoms with van der Waals surface area (Å²) in [6.07, 6.45) is 7.94. The van der Waals surface area contributed by atoms with E-state index in [0.29, 0.717) is 19.4 Å². The molecule has 5 heteroatoms. The van der Waals surface area contributed by atoms with Gasteiger partial charge in [0.15, 0.2) is 0 Å². The molecule has 1 heterocycles. The molecule has 1 saturated carbocycles. The molecular formula is C16H28N2O3. The Balaban J connectivity index is 1.78. The Kier molecular flexibility index (Phi) is 6.03. The Morgan fingerprint density at radius 3 is 2.19 bits per heavy atom. The van der Waals surface area contributed by atoms with Crippen molar-refractivity contribution in [2.75, 3.05) is 26.2 Å². The molecular weight excluding hydrogens is 268 g/mol. The maximum absolute atomic E-state index is 12.1. The zero-order valence-corrected chi connectivity index (χ0v) is 12.9. The molecule has 120 valence electrons. The molecule has 2 aliphatic rings. The predicted octanol–water partition coefficient (Wildman–Crippen LogP) is 2.01. The number of likely N-dealkylation sites (tertiary alicyclic amines) is 1. The maximum Gasteiger partial charge on any atom is 0.310 e. The van der Waals surface area contributed by atoms with Crippen molar-refractivity contribution in [1.29, 1.82) is 0 Å². The second-order valence-electron chi connectivity index (χ2n) is 6.58. The first kappa shape index (κ1) is 16.3. The summed E-state index contributed by atoms with van der Waals surface area (Å²) in [6, 6.07) is 0. The van der Waals surface area contributed by atoms with Gasteiger partial charge in [-0.1, -0.05) is 25.7 Å². The van der Waals surface area contributed by atoms with E-state index in [-0.39, 0.29) is 12.3 Å². The predicted molar refractivity (Wildman–Crippen MR) is 81.1 cm³/mol. The molecule has 21 heavy (non-hydrogen) atoms. The number of nitrogens with zero attached hydrogens (tertiary/aromatic N) is 1. The first-order valence-electron chi connectivity index (χ1n) is 8.35. The van der Waals surface area contributed by atoms with E-state index >= 15 is 0 Å². The molecule has 2 fully saturated rings. The van der Waals surface area contributed by atoms with E-state index in [2.05, 4.69) is 10.2 Å². The number of carbonyl (C=O) groups excluding carboxylic acids is 1. The molecule has 5 nitrogen and oxygen atoms in total. The fourth-order valence-corrected chi connectivity index (χ4v) is 3.60. The number of carbonyl (C=O) groups is 2. The van der Waals surface area contributed by atoms with Gasteiger partial charge in [0.25, 0.3) is 0 Å². The smallest absolute Gasteiger partial charge is 0.310 e. The molecule has 0 aromatic carbocycles. The molecule has 0 atom stereocenters. The van der Waals surface area contributed by atoms with Crippen LogP contribution >= 0.6 is 0 Å². The number of nitrogens with one attached hydrogen (secondary N) is 1. The standard InChI is InChI=1S/C16H28N2O3/c19-14(17-9-12-18-10-5-6-11-18)13-16(15(20)21)7-3-1-2-4-8-16/h1-13H2,(H,17,19)(H,20,21). The number of hydrogen-bond acceptors (Lipinski definition) is 3. The quantitative estimate of drug-likeness (QED) is 0.736.